The topological polar surface area (TPSA) is 63.0 Å². The fraction of sp³-hybridized carbons (Fsp3) is 0.385. The molecule has 1 aromatic carbocycles. The van der Waals surface area contributed by atoms with Gasteiger partial charge in [0, 0.05) is 18.8 Å². The largest absolute Gasteiger partial charge is 0.416 e. The molecule has 114 valence electrons. The van der Waals surface area contributed by atoms with Gasteiger partial charge < -0.3 is 10.4 Å². The molecule has 0 aliphatic heterocycles. The van der Waals surface area contributed by atoms with E-state index in [1.807, 2.05) is 0 Å². The van der Waals surface area contributed by atoms with Crippen LogP contribution in [0.2, 0.25) is 0 Å². The van der Waals surface area contributed by atoms with Gasteiger partial charge >= 0.3 is 6.18 Å². The molecule has 0 unspecified atom stereocenters. The van der Waals surface area contributed by atoms with Crippen LogP contribution in [0.3, 0.4) is 0 Å². The van der Waals surface area contributed by atoms with Gasteiger partial charge in [-0.1, -0.05) is 5.21 Å². The van der Waals surface area contributed by atoms with Gasteiger partial charge in [-0.05, 0) is 30.7 Å². The number of aryl methyl sites for hydroxylation is 1. The van der Waals surface area contributed by atoms with Crippen LogP contribution in [-0.4, -0.2) is 26.7 Å². The normalized spacial score (nSPS) is 11.6. The number of benzene rings is 1. The molecule has 1 aromatic heterocycles. The fourth-order valence-electron chi connectivity index (χ4n) is 1.73. The van der Waals surface area contributed by atoms with Crippen LogP contribution in [0.15, 0.2) is 30.5 Å². The van der Waals surface area contributed by atoms with Gasteiger partial charge in [0.25, 0.3) is 0 Å². The number of nitrogens with zero attached hydrogens (tertiary/aromatic N) is 3. The van der Waals surface area contributed by atoms with Crippen LogP contribution in [-0.2, 0) is 19.3 Å². The molecule has 0 saturated carbocycles. The highest BCUT2D eigenvalue weighted by molar-refractivity contribution is 5.45. The zero-order chi connectivity index (χ0) is 15.3. The van der Waals surface area contributed by atoms with Crippen molar-refractivity contribution in [2.45, 2.75) is 25.7 Å². The molecule has 2 N–H and O–H groups in total. The van der Waals surface area contributed by atoms with Crippen molar-refractivity contribution in [2.24, 2.45) is 0 Å². The third kappa shape index (κ3) is 4.45. The number of hydrogen-bond donors (Lipinski definition) is 2. The Bertz CT molecular complexity index is 566. The average molecular weight is 300 g/mol. The first kappa shape index (κ1) is 15.3. The average Bonchev–Trinajstić information content (AvgIpc) is 2.90. The third-order valence-electron chi connectivity index (χ3n) is 2.82. The zero-order valence-electron chi connectivity index (χ0n) is 11.1. The quantitative estimate of drug-likeness (QED) is 0.859. The van der Waals surface area contributed by atoms with Crippen molar-refractivity contribution in [3.8, 4) is 0 Å². The van der Waals surface area contributed by atoms with Crippen molar-refractivity contribution in [2.75, 3.05) is 11.9 Å². The Hall–Kier alpha value is -2.09. The van der Waals surface area contributed by atoms with Crippen molar-refractivity contribution >= 4 is 5.69 Å². The maximum absolute atomic E-state index is 12.4. The lowest BCUT2D eigenvalue weighted by molar-refractivity contribution is -0.137. The predicted octanol–water partition coefficient (Wildman–Crippen LogP) is 2.29. The van der Waals surface area contributed by atoms with Crippen LogP contribution in [0.1, 0.15) is 17.7 Å². The van der Waals surface area contributed by atoms with Gasteiger partial charge in [-0.2, -0.15) is 13.2 Å². The lowest BCUT2D eigenvalue weighted by atomic mass is 10.2. The Kier molecular flexibility index (Phi) is 4.79. The summed E-state index contributed by atoms with van der Waals surface area (Å²) in [6.07, 6.45) is -2.00. The fourth-order valence-corrected chi connectivity index (χ4v) is 1.73. The molecule has 0 bridgehead atoms. The summed E-state index contributed by atoms with van der Waals surface area (Å²) < 4.78 is 38.9. The van der Waals surface area contributed by atoms with E-state index in [4.69, 9.17) is 5.11 Å². The second-order valence-corrected chi connectivity index (χ2v) is 4.48. The third-order valence-corrected chi connectivity index (χ3v) is 2.82. The Balaban J connectivity index is 1.89. The van der Waals surface area contributed by atoms with Crippen LogP contribution < -0.4 is 5.32 Å². The lowest BCUT2D eigenvalue weighted by Crippen LogP contribution is -2.05. The van der Waals surface area contributed by atoms with Crippen molar-refractivity contribution in [3.05, 3.63) is 41.7 Å². The number of alkyl halides is 3. The number of halogens is 3. The number of hydrogen-bond acceptors (Lipinski definition) is 4. The zero-order valence-corrected chi connectivity index (χ0v) is 11.1. The Morgan fingerprint density at radius 1 is 1.19 bits per heavy atom. The molecule has 0 aliphatic carbocycles. The maximum atomic E-state index is 12.4. The van der Waals surface area contributed by atoms with Gasteiger partial charge in [-0.25, -0.2) is 0 Å². The monoisotopic (exact) mass is 300 g/mol. The first-order chi connectivity index (χ1) is 9.99. The molecule has 5 nitrogen and oxygen atoms in total. The summed E-state index contributed by atoms with van der Waals surface area (Å²) in [5.74, 6) is 0. The Labute approximate surface area is 119 Å². The smallest absolute Gasteiger partial charge is 0.396 e. The van der Waals surface area contributed by atoms with Crippen molar-refractivity contribution in [3.63, 3.8) is 0 Å². The first-order valence-electron chi connectivity index (χ1n) is 6.40. The van der Waals surface area contributed by atoms with E-state index in [1.165, 1.54) is 12.1 Å². The minimum atomic E-state index is -4.33. The molecule has 0 atom stereocenters. The molecular formula is C13H15F3N4O. The summed E-state index contributed by atoms with van der Waals surface area (Å²) in [6.45, 7) is 1.02. The van der Waals surface area contributed by atoms with Gasteiger partial charge in [-0.15, -0.1) is 5.10 Å². The van der Waals surface area contributed by atoms with E-state index in [0.29, 0.717) is 30.9 Å². The number of anilines is 1. The highest BCUT2D eigenvalue weighted by Crippen LogP contribution is 2.29. The summed E-state index contributed by atoms with van der Waals surface area (Å²) in [6, 6.07) is 4.80. The molecule has 1 heterocycles. The van der Waals surface area contributed by atoms with E-state index in [2.05, 4.69) is 15.6 Å². The predicted molar refractivity (Wildman–Crippen MR) is 70.5 cm³/mol. The van der Waals surface area contributed by atoms with Crippen LogP contribution in [0.25, 0.3) is 0 Å². The summed E-state index contributed by atoms with van der Waals surface area (Å²) in [7, 11) is 0. The highest BCUT2D eigenvalue weighted by atomic mass is 19.4. The summed E-state index contributed by atoms with van der Waals surface area (Å²) in [5, 5.41) is 19.5. The van der Waals surface area contributed by atoms with Gasteiger partial charge in [0.05, 0.1) is 18.3 Å². The van der Waals surface area contributed by atoms with E-state index in [1.54, 1.807) is 10.9 Å². The van der Waals surface area contributed by atoms with Gasteiger partial charge in [0.15, 0.2) is 0 Å². The number of aliphatic hydroxyl groups is 1. The van der Waals surface area contributed by atoms with E-state index in [-0.39, 0.29) is 6.61 Å². The molecule has 8 heteroatoms. The molecule has 2 aromatic rings. The second kappa shape index (κ2) is 6.57. The minimum absolute atomic E-state index is 0.0823. The molecule has 0 aliphatic rings. The minimum Gasteiger partial charge on any atom is -0.396 e. The number of aromatic nitrogens is 3. The summed E-state index contributed by atoms with van der Waals surface area (Å²) >= 11 is 0. The van der Waals surface area contributed by atoms with Gasteiger partial charge in [0.1, 0.15) is 5.69 Å². The highest BCUT2D eigenvalue weighted by Gasteiger charge is 2.29. The number of rotatable bonds is 6. The molecular weight excluding hydrogens is 285 g/mol. The van der Waals surface area contributed by atoms with E-state index in [0.717, 1.165) is 12.1 Å². The SMILES string of the molecule is OCCCn1cc(CNc2ccc(C(F)(F)F)cc2)nn1. The second-order valence-electron chi connectivity index (χ2n) is 4.48. The standard InChI is InChI=1S/C13H15F3N4O/c14-13(15,16)10-2-4-11(5-3-10)17-8-12-9-20(19-18-12)6-1-7-21/h2-5,9,17,21H,1,6-8H2. The van der Waals surface area contributed by atoms with Crippen LogP contribution >= 0.6 is 0 Å². The van der Waals surface area contributed by atoms with Crippen LogP contribution in [0, 0.1) is 0 Å². The van der Waals surface area contributed by atoms with Gasteiger partial charge in [-0.3, -0.25) is 4.68 Å². The van der Waals surface area contributed by atoms with Crippen molar-refractivity contribution < 1.29 is 18.3 Å². The molecule has 0 saturated heterocycles. The van der Waals surface area contributed by atoms with Gasteiger partial charge in [0.2, 0.25) is 0 Å². The summed E-state index contributed by atoms with van der Waals surface area (Å²) in [4.78, 5) is 0. The van der Waals surface area contributed by atoms with Crippen molar-refractivity contribution in [1.82, 2.24) is 15.0 Å². The number of nitrogens with one attached hydrogen (secondary N) is 1. The molecule has 0 spiro atoms. The van der Waals surface area contributed by atoms with Crippen LogP contribution in [0.4, 0.5) is 18.9 Å². The van der Waals surface area contributed by atoms with Crippen LogP contribution in [0.5, 0.6) is 0 Å². The van der Waals surface area contributed by atoms with E-state index < -0.39 is 11.7 Å². The molecule has 2 rings (SSSR count). The van der Waals surface area contributed by atoms with E-state index >= 15 is 0 Å². The Morgan fingerprint density at radius 2 is 1.90 bits per heavy atom. The molecule has 21 heavy (non-hydrogen) atoms. The molecule has 0 amide bonds. The maximum Gasteiger partial charge on any atom is 0.416 e. The molecule has 0 fully saturated rings. The molecule has 0 radical (unpaired) electrons. The first-order valence-corrected chi connectivity index (χ1v) is 6.40. The lowest BCUT2D eigenvalue weighted by Gasteiger charge is -2.08. The summed E-state index contributed by atoms with van der Waals surface area (Å²) in [5.41, 5.74) is 0.573. The van der Waals surface area contributed by atoms with Crippen molar-refractivity contribution in [1.29, 1.82) is 0 Å². The Morgan fingerprint density at radius 3 is 2.52 bits per heavy atom. The van der Waals surface area contributed by atoms with E-state index in [9.17, 15) is 13.2 Å². The number of aliphatic hydroxyl groups excluding tert-OH is 1.